The monoisotopic (exact) mass is 163 g/mol. The fraction of sp³-hybridized carbons (Fsp3) is 0.300. The van der Waals surface area contributed by atoms with E-state index in [0.717, 1.165) is 17.9 Å². The van der Waals surface area contributed by atoms with Crippen LogP contribution in [0.3, 0.4) is 0 Å². The highest BCUT2D eigenvalue weighted by molar-refractivity contribution is 5.40. The number of para-hydroxylation sites is 2. The van der Waals surface area contributed by atoms with E-state index in [1.54, 1.807) is 0 Å². The molecule has 2 nitrogen and oxygen atoms in total. The zero-order chi connectivity index (χ0) is 8.39. The van der Waals surface area contributed by atoms with Gasteiger partial charge in [0, 0.05) is 0 Å². The molecule has 1 aromatic rings. The molecule has 1 aromatic carbocycles. The normalized spacial score (nSPS) is 20.6. The fourth-order valence-electron chi connectivity index (χ4n) is 1.21. The first-order valence-corrected chi connectivity index (χ1v) is 4.08. The molecule has 0 saturated heterocycles. The van der Waals surface area contributed by atoms with E-state index in [1.807, 2.05) is 24.3 Å². The quantitative estimate of drug-likeness (QED) is 0.630. The van der Waals surface area contributed by atoms with Crippen molar-refractivity contribution in [2.45, 2.75) is 12.5 Å². The maximum absolute atomic E-state index is 5.59. The minimum atomic E-state index is 0.111. The molecule has 12 heavy (non-hydrogen) atoms. The lowest BCUT2D eigenvalue weighted by molar-refractivity contribution is 0.0927. The first kappa shape index (κ1) is 7.47. The van der Waals surface area contributed by atoms with Crippen molar-refractivity contribution in [3.8, 4) is 11.5 Å². The molecule has 1 unspecified atom stereocenters. The Morgan fingerprint density at radius 1 is 1.33 bits per heavy atom. The van der Waals surface area contributed by atoms with Crippen molar-refractivity contribution in [1.82, 2.24) is 0 Å². The topological polar surface area (TPSA) is 18.5 Å². The van der Waals surface area contributed by atoms with Crippen molar-refractivity contribution >= 4 is 0 Å². The van der Waals surface area contributed by atoms with Crippen LogP contribution in [0.15, 0.2) is 24.3 Å². The molecule has 0 aromatic heterocycles. The maximum Gasteiger partial charge on any atom is 0.161 e. The van der Waals surface area contributed by atoms with Gasteiger partial charge in [0.15, 0.2) is 11.5 Å². The Labute approximate surface area is 72.1 Å². The molecule has 0 fully saturated rings. The SMILES string of the molecule is [CH2]CC1COc2ccccc2O1. The van der Waals surface area contributed by atoms with Gasteiger partial charge in [-0.3, -0.25) is 0 Å². The summed E-state index contributed by atoms with van der Waals surface area (Å²) in [7, 11) is 0. The Kier molecular flexibility index (Phi) is 1.90. The van der Waals surface area contributed by atoms with Crippen molar-refractivity contribution in [3.05, 3.63) is 31.2 Å². The molecule has 0 aliphatic carbocycles. The van der Waals surface area contributed by atoms with E-state index < -0.39 is 0 Å². The summed E-state index contributed by atoms with van der Waals surface area (Å²) >= 11 is 0. The highest BCUT2D eigenvalue weighted by Crippen LogP contribution is 2.31. The zero-order valence-corrected chi connectivity index (χ0v) is 6.82. The molecule has 63 valence electrons. The summed E-state index contributed by atoms with van der Waals surface area (Å²) < 4.78 is 11.1. The predicted octanol–water partition coefficient (Wildman–Crippen LogP) is 2.05. The van der Waals surface area contributed by atoms with Crippen molar-refractivity contribution in [2.24, 2.45) is 0 Å². The molecule has 1 atom stereocenters. The standard InChI is InChI=1S/C10H11O2/c1-2-8-7-11-9-5-3-4-6-10(9)12-8/h3-6,8H,1-2,7H2. The van der Waals surface area contributed by atoms with Gasteiger partial charge in [-0.1, -0.05) is 12.1 Å². The van der Waals surface area contributed by atoms with Gasteiger partial charge in [0.25, 0.3) is 0 Å². The van der Waals surface area contributed by atoms with Crippen LogP contribution in [-0.4, -0.2) is 12.7 Å². The van der Waals surface area contributed by atoms with E-state index in [1.165, 1.54) is 0 Å². The third-order valence-electron chi connectivity index (χ3n) is 1.89. The number of ether oxygens (including phenoxy) is 2. The first-order chi connectivity index (χ1) is 5.90. The van der Waals surface area contributed by atoms with Gasteiger partial charge < -0.3 is 9.47 Å². The number of fused-ring (bicyclic) bond motifs is 1. The van der Waals surface area contributed by atoms with Gasteiger partial charge in [0.1, 0.15) is 12.7 Å². The van der Waals surface area contributed by atoms with Gasteiger partial charge in [-0.25, -0.2) is 0 Å². The minimum absolute atomic E-state index is 0.111. The third kappa shape index (κ3) is 1.24. The van der Waals surface area contributed by atoms with Gasteiger partial charge in [-0.15, -0.1) is 0 Å². The molecule has 0 spiro atoms. The molecule has 1 radical (unpaired) electrons. The highest BCUT2D eigenvalue weighted by atomic mass is 16.6. The van der Waals surface area contributed by atoms with Crippen LogP contribution >= 0.6 is 0 Å². The van der Waals surface area contributed by atoms with Crippen LogP contribution < -0.4 is 9.47 Å². The van der Waals surface area contributed by atoms with E-state index in [-0.39, 0.29) is 6.10 Å². The second-order valence-corrected chi connectivity index (χ2v) is 2.79. The molecule has 1 aliphatic rings. The van der Waals surface area contributed by atoms with Crippen molar-refractivity contribution in [3.63, 3.8) is 0 Å². The molecule has 1 aliphatic heterocycles. The van der Waals surface area contributed by atoms with Crippen LogP contribution in [0.25, 0.3) is 0 Å². The third-order valence-corrected chi connectivity index (χ3v) is 1.89. The molecule has 0 saturated carbocycles. The Bertz CT molecular complexity index is 270. The minimum Gasteiger partial charge on any atom is -0.486 e. The van der Waals surface area contributed by atoms with Crippen LogP contribution in [0, 0.1) is 6.92 Å². The molecule has 2 rings (SSSR count). The molecule has 0 bridgehead atoms. The van der Waals surface area contributed by atoms with Crippen LogP contribution in [0.1, 0.15) is 6.42 Å². The number of rotatable bonds is 1. The van der Waals surface area contributed by atoms with Gasteiger partial charge in [0.2, 0.25) is 0 Å². The molecule has 1 heterocycles. The van der Waals surface area contributed by atoms with Crippen molar-refractivity contribution < 1.29 is 9.47 Å². The molecular weight excluding hydrogens is 152 g/mol. The second kappa shape index (κ2) is 3.05. The lowest BCUT2D eigenvalue weighted by atomic mass is 10.2. The van der Waals surface area contributed by atoms with E-state index in [2.05, 4.69) is 6.92 Å². The van der Waals surface area contributed by atoms with E-state index in [4.69, 9.17) is 9.47 Å². The average molecular weight is 163 g/mol. The van der Waals surface area contributed by atoms with E-state index in [9.17, 15) is 0 Å². The summed E-state index contributed by atoms with van der Waals surface area (Å²) in [5.74, 6) is 1.67. The first-order valence-electron chi connectivity index (χ1n) is 4.08. The van der Waals surface area contributed by atoms with Gasteiger partial charge >= 0.3 is 0 Å². The zero-order valence-electron chi connectivity index (χ0n) is 6.82. The summed E-state index contributed by atoms with van der Waals surface area (Å²) in [5, 5.41) is 0. The largest absolute Gasteiger partial charge is 0.486 e. The molecular formula is C10H11O2. The highest BCUT2D eigenvalue weighted by Gasteiger charge is 2.17. The Morgan fingerprint density at radius 2 is 2.08 bits per heavy atom. The Hall–Kier alpha value is -1.18. The average Bonchev–Trinajstić information content (AvgIpc) is 2.17. The Morgan fingerprint density at radius 3 is 2.83 bits per heavy atom. The van der Waals surface area contributed by atoms with Crippen LogP contribution in [0.5, 0.6) is 11.5 Å². The van der Waals surface area contributed by atoms with Gasteiger partial charge in [0.05, 0.1) is 0 Å². The summed E-state index contributed by atoms with van der Waals surface area (Å²) in [6.07, 6.45) is 0.855. The summed E-state index contributed by atoms with van der Waals surface area (Å²) in [6, 6.07) is 7.70. The number of benzene rings is 1. The van der Waals surface area contributed by atoms with Crippen LogP contribution in [0.4, 0.5) is 0 Å². The van der Waals surface area contributed by atoms with E-state index >= 15 is 0 Å². The summed E-state index contributed by atoms with van der Waals surface area (Å²) in [6.45, 7) is 4.39. The fourth-order valence-corrected chi connectivity index (χ4v) is 1.21. The summed E-state index contributed by atoms with van der Waals surface area (Å²) in [5.41, 5.74) is 0. The van der Waals surface area contributed by atoms with Crippen LogP contribution in [0.2, 0.25) is 0 Å². The number of hydrogen-bond donors (Lipinski definition) is 0. The van der Waals surface area contributed by atoms with Crippen LogP contribution in [-0.2, 0) is 0 Å². The smallest absolute Gasteiger partial charge is 0.161 e. The van der Waals surface area contributed by atoms with E-state index in [0.29, 0.717) is 6.61 Å². The Balaban J connectivity index is 2.23. The lowest BCUT2D eigenvalue weighted by Crippen LogP contribution is -2.28. The van der Waals surface area contributed by atoms with Gasteiger partial charge in [-0.05, 0) is 25.5 Å². The maximum atomic E-state index is 5.59. The summed E-state index contributed by atoms with van der Waals surface area (Å²) in [4.78, 5) is 0. The second-order valence-electron chi connectivity index (χ2n) is 2.79. The predicted molar refractivity (Wildman–Crippen MR) is 46.3 cm³/mol. The molecule has 0 amide bonds. The number of hydrogen-bond acceptors (Lipinski definition) is 2. The van der Waals surface area contributed by atoms with Gasteiger partial charge in [-0.2, -0.15) is 0 Å². The lowest BCUT2D eigenvalue weighted by Gasteiger charge is -2.25. The molecule has 0 N–H and O–H groups in total. The molecule has 2 heteroatoms. The van der Waals surface area contributed by atoms with Crippen molar-refractivity contribution in [2.75, 3.05) is 6.61 Å². The van der Waals surface area contributed by atoms with Crippen molar-refractivity contribution in [1.29, 1.82) is 0 Å².